The number of ether oxygens (including phenoxy) is 1. The number of aromatic nitrogens is 1. The second kappa shape index (κ2) is 5.21. The van der Waals surface area contributed by atoms with Gasteiger partial charge in [0.05, 0.1) is 17.8 Å². The summed E-state index contributed by atoms with van der Waals surface area (Å²) >= 11 is 1.69. The molecule has 1 atom stereocenters. The van der Waals surface area contributed by atoms with Crippen LogP contribution >= 0.6 is 11.3 Å². The summed E-state index contributed by atoms with van der Waals surface area (Å²) in [5, 5.41) is 0. The van der Waals surface area contributed by atoms with E-state index in [0.717, 1.165) is 51.3 Å². The van der Waals surface area contributed by atoms with Crippen LogP contribution in [0.2, 0.25) is 0 Å². The molecule has 0 saturated carbocycles. The summed E-state index contributed by atoms with van der Waals surface area (Å²) in [5.41, 5.74) is 3.24. The highest BCUT2D eigenvalue weighted by Gasteiger charge is 2.41. The molecule has 0 radical (unpaired) electrons. The lowest BCUT2D eigenvalue weighted by atomic mass is 9.79. The summed E-state index contributed by atoms with van der Waals surface area (Å²) in [6.45, 7) is 5.43. The molecule has 1 aromatic rings. The van der Waals surface area contributed by atoms with Crippen LogP contribution in [0.15, 0.2) is 5.51 Å². The Morgan fingerprint density at radius 3 is 3.11 bits per heavy atom. The highest BCUT2D eigenvalue weighted by atomic mass is 32.1. The number of thiazole rings is 1. The number of likely N-dealkylation sites (tertiary alicyclic amines) is 1. The van der Waals surface area contributed by atoms with Crippen LogP contribution in [0.3, 0.4) is 0 Å². The van der Waals surface area contributed by atoms with E-state index >= 15 is 0 Å². The summed E-state index contributed by atoms with van der Waals surface area (Å²) in [5.74, 6) is 0.305. The Morgan fingerprint density at radius 1 is 1.53 bits per heavy atom. The number of hydrogen-bond donors (Lipinski definition) is 0. The molecule has 19 heavy (non-hydrogen) atoms. The lowest BCUT2D eigenvalue weighted by molar-refractivity contribution is -0.137. The fourth-order valence-electron chi connectivity index (χ4n) is 3.08. The van der Waals surface area contributed by atoms with E-state index in [1.165, 1.54) is 4.88 Å². The van der Waals surface area contributed by atoms with Crippen molar-refractivity contribution in [1.82, 2.24) is 9.88 Å². The van der Waals surface area contributed by atoms with Crippen LogP contribution in [0.4, 0.5) is 0 Å². The molecule has 0 aliphatic carbocycles. The zero-order valence-electron chi connectivity index (χ0n) is 11.4. The van der Waals surface area contributed by atoms with E-state index in [4.69, 9.17) is 4.74 Å². The quantitative estimate of drug-likeness (QED) is 0.850. The summed E-state index contributed by atoms with van der Waals surface area (Å²) < 4.78 is 5.54. The molecule has 2 aliphatic rings. The van der Waals surface area contributed by atoms with Crippen LogP contribution < -0.4 is 0 Å². The van der Waals surface area contributed by atoms with E-state index < -0.39 is 0 Å². The van der Waals surface area contributed by atoms with Crippen LogP contribution in [0.1, 0.15) is 29.8 Å². The zero-order valence-corrected chi connectivity index (χ0v) is 12.2. The molecule has 4 nitrogen and oxygen atoms in total. The van der Waals surface area contributed by atoms with Gasteiger partial charge in [0.15, 0.2) is 0 Å². The minimum atomic E-state index is 0.247. The summed E-state index contributed by atoms with van der Waals surface area (Å²) in [6.07, 6.45) is 3.72. The van der Waals surface area contributed by atoms with Crippen molar-refractivity contribution in [3.8, 4) is 0 Å². The summed E-state index contributed by atoms with van der Waals surface area (Å²) in [6, 6.07) is 0. The number of carbonyl (C=O) groups is 1. The number of carbonyl (C=O) groups excluding carboxylic acids is 1. The highest BCUT2D eigenvalue weighted by molar-refractivity contribution is 7.09. The lowest BCUT2D eigenvalue weighted by Crippen LogP contribution is -2.47. The number of rotatable bonds is 3. The smallest absolute Gasteiger partial charge is 0.222 e. The molecule has 0 unspecified atom stereocenters. The standard InChI is InChI=1S/C14H20N2O2S/c1-11-12(19-10-15-11)3-6-16-8-14(4-2-13(16)17)5-7-18-9-14/h10H,2-9H2,1H3/t14-/m0/s1. The fraction of sp³-hybridized carbons (Fsp3) is 0.714. The van der Waals surface area contributed by atoms with Crippen LogP contribution in [0.5, 0.6) is 0 Å². The normalized spacial score (nSPS) is 27.4. The first-order valence-corrected chi connectivity index (χ1v) is 7.81. The number of nitrogens with zero attached hydrogens (tertiary/aromatic N) is 2. The van der Waals surface area contributed by atoms with Crippen LogP contribution in [-0.2, 0) is 16.0 Å². The summed E-state index contributed by atoms with van der Waals surface area (Å²) in [4.78, 5) is 19.7. The lowest BCUT2D eigenvalue weighted by Gasteiger charge is -2.39. The molecule has 0 N–H and O–H groups in total. The number of amides is 1. The first kappa shape index (κ1) is 13.1. The number of hydrogen-bond acceptors (Lipinski definition) is 4. The Morgan fingerprint density at radius 2 is 2.42 bits per heavy atom. The van der Waals surface area contributed by atoms with Gasteiger partial charge in [0.2, 0.25) is 5.91 Å². The average molecular weight is 280 g/mol. The van der Waals surface area contributed by atoms with E-state index in [0.29, 0.717) is 12.3 Å². The minimum Gasteiger partial charge on any atom is -0.381 e. The van der Waals surface area contributed by atoms with Gasteiger partial charge in [0.1, 0.15) is 0 Å². The van der Waals surface area contributed by atoms with Crippen LogP contribution in [0, 0.1) is 12.3 Å². The van der Waals surface area contributed by atoms with E-state index in [-0.39, 0.29) is 5.41 Å². The molecule has 1 amide bonds. The molecule has 3 rings (SSSR count). The second-order valence-electron chi connectivity index (χ2n) is 5.73. The molecule has 2 fully saturated rings. The predicted molar refractivity (Wildman–Crippen MR) is 74.2 cm³/mol. The minimum absolute atomic E-state index is 0.247. The van der Waals surface area contributed by atoms with Crippen LogP contribution in [0.25, 0.3) is 0 Å². The van der Waals surface area contributed by atoms with Crippen molar-refractivity contribution in [1.29, 1.82) is 0 Å². The Hall–Kier alpha value is -0.940. The van der Waals surface area contributed by atoms with E-state index in [1.807, 2.05) is 17.3 Å². The Bertz CT molecular complexity index is 466. The van der Waals surface area contributed by atoms with Gasteiger partial charge in [-0.3, -0.25) is 4.79 Å². The molecule has 1 aromatic heterocycles. The van der Waals surface area contributed by atoms with Crippen molar-refractivity contribution in [2.24, 2.45) is 5.41 Å². The molecule has 104 valence electrons. The first-order chi connectivity index (χ1) is 9.19. The molecule has 0 bridgehead atoms. The third kappa shape index (κ3) is 2.67. The van der Waals surface area contributed by atoms with E-state index in [1.54, 1.807) is 11.3 Å². The molecule has 0 aromatic carbocycles. The zero-order chi connectivity index (χ0) is 13.3. The first-order valence-electron chi connectivity index (χ1n) is 6.93. The van der Waals surface area contributed by atoms with Crippen molar-refractivity contribution in [2.45, 2.75) is 32.6 Å². The highest BCUT2D eigenvalue weighted by Crippen LogP contribution is 2.38. The SMILES string of the molecule is Cc1ncsc1CCN1C[C@@]2(CCOC2)CCC1=O. The van der Waals surface area contributed by atoms with E-state index in [9.17, 15) is 4.79 Å². The van der Waals surface area contributed by atoms with Crippen molar-refractivity contribution < 1.29 is 9.53 Å². The van der Waals surface area contributed by atoms with Gasteiger partial charge in [0.25, 0.3) is 0 Å². The molecular formula is C14H20N2O2S. The van der Waals surface area contributed by atoms with Crippen molar-refractivity contribution in [2.75, 3.05) is 26.3 Å². The monoisotopic (exact) mass is 280 g/mol. The van der Waals surface area contributed by atoms with Gasteiger partial charge < -0.3 is 9.64 Å². The molecule has 3 heterocycles. The predicted octanol–water partition coefficient (Wildman–Crippen LogP) is 2.02. The van der Waals surface area contributed by atoms with Gasteiger partial charge in [-0.25, -0.2) is 4.98 Å². The maximum atomic E-state index is 12.1. The Labute approximate surface area is 117 Å². The number of piperidine rings is 1. The van der Waals surface area contributed by atoms with Gasteiger partial charge >= 0.3 is 0 Å². The largest absolute Gasteiger partial charge is 0.381 e. The van der Waals surface area contributed by atoms with Crippen molar-refractivity contribution >= 4 is 17.2 Å². The van der Waals surface area contributed by atoms with Gasteiger partial charge in [-0.05, 0) is 19.8 Å². The average Bonchev–Trinajstić information content (AvgIpc) is 3.01. The summed E-state index contributed by atoms with van der Waals surface area (Å²) in [7, 11) is 0. The molecule has 2 saturated heterocycles. The van der Waals surface area contributed by atoms with E-state index in [2.05, 4.69) is 4.98 Å². The van der Waals surface area contributed by atoms with Gasteiger partial charge in [-0.1, -0.05) is 0 Å². The Kier molecular flexibility index (Phi) is 3.58. The molecule has 2 aliphatic heterocycles. The topological polar surface area (TPSA) is 42.4 Å². The Balaban J connectivity index is 1.62. The van der Waals surface area contributed by atoms with Crippen molar-refractivity contribution in [3.05, 3.63) is 16.1 Å². The third-order valence-corrected chi connectivity index (χ3v) is 5.38. The molecule has 1 spiro atoms. The van der Waals surface area contributed by atoms with Crippen LogP contribution in [-0.4, -0.2) is 42.1 Å². The van der Waals surface area contributed by atoms with Gasteiger partial charge in [0, 0.05) is 42.8 Å². The maximum Gasteiger partial charge on any atom is 0.222 e. The van der Waals surface area contributed by atoms with Gasteiger partial charge in [-0.15, -0.1) is 11.3 Å². The third-order valence-electron chi connectivity index (χ3n) is 4.39. The van der Waals surface area contributed by atoms with Gasteiger partial charge in [-0.2, -0.15) is 0 Å². The number of aryl methyl sites for hydroxylation is 1. The molecule has 5 heteroatoms. The maximum absolute atomic E-state index is 12.1. The van der Waals surface area contributed by atoms with Crippen molar-refractivity contribution in [3.63, 3.8) is 0 Å². The second-order valence-corrected chi connectivity index (χ2v) is 6.67. The molecular weight excluding hydrogens is 260 g/mol. The fourth-order valence-corrected chi connectivity index (χ4v) is 3.85.